The molecule has 1 aliphatic rings. The zero-order valence-electron chi connectivity index (χ0n) is 13.3. The Morgan fingerprint density at radius 2 is 1.32 bits per heavy atom. The van der Waals surface area contributed by atoms with Crippen LogP contribution in [0.5, 0.6) is 11.5 Å². The Kier molecular flexibility index (Phi) is 4.34. The normalized spacial score (nSPS) is 17.0. The van der Waals surface area contributed by atoms with E-state index in [1.165, 1.54) is 17.5 Å². The average Bonchev–Trinajstić information content (AvgIpc) is 2.62. The Morgan fingerprint density at radius 1 is 0.818 bits per heavy atom. The lowest BCUT2D eigenvalue weighted by Crippen LogP contribution is -2.44. The summed E-state index contributed by atoms with van der Waals surface area (Å²) in [6.45, 7) is 2.06. The van der Waals surface area contributed by atoms with Crippen molar-refractivity contribution in [1.29, 1.82) is 0 Å². The topological polar surface area (TPSA) is 30.5 Å². The molecule has 0 saturated carbocycles. The summed E-state index contributed by atoms with van der Waals surface area (Å²) in [7, 11) is 3.41. The first kappa shape index (κ1) is 14.9. The number of ether oxygens (including phenoxy) is 2. The molecule has 1 saturated heterocycles. The Balaban J connectivity index is 2.02. The highest BCUT2D eigenvalue weighted by Gasteiger charge is 2.35. The van der Waals surface area contributed by atoms with Gasteiger partial charge in [0.15, 0.2) is 0 Å². The highest BCUT2D eigenvalue weighted by molar-refractivity contribution is 5.44. The molecule has 0 bridgehead atoms. The van der Waals surface area contributed by atoms with Crippen molar-refractivity contribution in [3.05, 3.63) is 59.7 Å². The van der Waals surface area contributed by atoms with Gasteiger partial charge in [0, 0.05) is 12.0 Å². The van der Waals surface area contributed by atoms with Crippen LogP contribution < -0.4 is 14.8 Å². The summed E-state index contributed by atoms with van der Waals surface area (Å²) in [6, 6.07) is 17.0. The highest BCUT2D eigenvalue weighted by Crippen LogP contribution is 2.39. The van der Waals surface area contributed by atoms with Crippen LogP contribution in [0.1, 0.15) is 24.0 Å². The van der Waals surface area contributed by atoms with Gasteiger partial charge in [-0.3, -0.25) is 0 Å². The van der Waals surface area contributed by atoms with Crippen LogP contribution in [-0.4, -0.2) is 27.3 Å². The van der Waals surface area contributed by atoms with Crippen LogP contribution in [0, 0.1) is 0 Å². The maximum atomic E-state index is 5.29. The molecule has 2 aromatic rings. The molecule has 22 heavy (non-hydrogen) atoms. The van der Waals surface area contributed by atoms with E-state index in [4.69, 9.17) is 9.47 Å². The standard InChI is InChI=1S/C19H23NO2/c1-21-17-8-4-15(5-9-17)19(12-3-13-20-14-19)16-6-10-18(22-2)11-7-16/h4-11,20H,3,12-14H2,1-2H3. The predicted molar refractivity (Wildman–Crippen MR) is 88.9 cm³/mol. The number of piperidine rings is 1. The van der Waals surface area contributed by atoms with E-state index < -0.39 is 0 Å². The van der Waals surface area contributed by atoms with Crippen molar-refractivity contribution in [2.45, 2.75) is 18.3 Å². The van der Waals surface area contributed by atoms with Crippen molar-refractivity contribution in [3.8, 4) is 11.5 Å². The number of hydrogen-bond acceptors (Lipinski definition) is 3. The lowest BCUT2D eigenvalue weighted by Gasteiger charge is -2.39. The minimum absolute atomic E-state index is 0.0246. The number of benzene rings is 2. The van der Waals surface area contributed by atoms with E-state index in [0.717, 1.165) is 31.0 Å². The molecule has 0 spiro atoms. The van der Waals surface area contributed by atoms with E-state index in [2.05, 4.69) is 53.8 Å². The van der Waals surface area contributed by atoms with E-state index in [-0.39, 0.29) is 5.41 Å². The maximum Gasteiger partial charge on any atom is 0.118 e. The molecule has 2 aromatic carbocycles. The molecule has 1 aliphatic heterocycles. The molecule has 3 nitrogen and oxygen atoms in total. The second-order valence-corrected chi connectivity index (χ2v) is 5.82. The third-order valence-corrected chi connectivity index (χ3v) is 4.67. The Morgan fingerprint density at radius 3 is 1.68 bits per heavy atom. The fourth-order valence-electron chi connectivity index (χ4n) is 3.38. The van der Waals surface area contributed by atoms with Gasteiger partial charge in [-0.05, 0) is 54.8 Å². The van der Waals surface area contributed by atoms with E-state index in [1.807, 2.05) is 0 Å². The molecule has 0 atom stereocenters. The summed E-state index contributed by atoms with van der Waals surface area (Å²) < 4.78 is 10.6. The van der Waals surface area contributed by atoms with Gasteiger partial charge in [-0.15, -0.1) is 0 Å². The van der Waals surface area contributed by atoms with E-state index >= 15 is 0 Å². The van der Waals surface area contributed by atoms with Gasteiger partial charge in [0.05, 0.1) is 14.2 Å². The fraction of sp³-hybridized carbons (Fsp3) is 0.368. The molecule has 1 fully saturated rings. The third kappa shape index (κ3) is 2.69. The molecule has 1 N–H and O–H groups in total. The van der Waals surface area contributed by atoms with Crippen LogP contribution in [0.3, 0.4) is 0 Å². The summed E-state index contributed by atoms with van der Waals surface area (Å²) in [5, 5.41) is 3.57. The Labute approximate surface area is 132 Å². The molecule has 1 heterocycles. The quantitative estimate of drug-likeness (QED) is 0.938. The third-order valence-electron chi connectivity index (χ3n) is 4.67. The second-order valence-electron chi connectivity index (χ2n) is 5.82. The van der Waals surface area contributed by atoms with Crippen LogP contribution in [0.15, 0.2) is 48.5 Å². The van der Waals surface area contributed by atoms with E-state index in [0.29, 0.717) is 0 Å². The Bertz CT molecular complexity index is 549. The smallest absolute Gasteiger partial charge is 0.118 e. The molecule has 3 rings (SSSR count). The van der Waals surface area contributed by atoms with Crippen molar-refractivity contribution in [2.75, 3.05) is 27.3 Å². The van der Waals surface area contributed by atoms with E-state index in [9.17, 15) is 0 Å². The molecule has 116 valence electrons. The average molecular weight is 297 g/mol. The fourth-order valence-corrected chi connectivity index (χ4v) is 3.38. The van der Waals surface area contributed by atoms with Crippen molar-refractivity contribution in [2.24, 2.45) is 0 Å². The summed E-state index contributed by atoms with van der Waals surface area (Å²) in [5.74, 6) is 1.80. The molecule has 0 radical (unpaired) electrons. The van der Waals surface area contributed by atoms with Gasteiger partial charge in [0.1, 0.15) is 11.5 Å². The first-order chi connectivity index (χ1) is 10.8. The van der Waals surface area contributed by atoms with Crippen LogP contribution in [-0.2, 0) is 5.41 Å². The van der Waals surface area contributed by atoms with Crippen molar-refractivity contribution in [1.82, 2.24) is 5.32 Å². The van der Waals surface area contributed by atoms with Crippen LogP contribution in [0.25, 0.3) is 0 Å². The first-order valence-corrected chi connectivity index (χ1v) is 7.78. The van der Waals surface area contributed by atoms with Gasteiger partial charge in [0.25, 0.3) is 0 Å². The molecule has 0 aliphatic carbocycles. The number of hydrogen-bond donors (Lipinski definition) is 1. The lowest BCUT2D eigenvalue weighted by atomic mass is 9.70. The number of methoxy groups -OCH3 is 2. The lowest BCUT2D eigenvalue weighted by molar-refractivity contribution is 0.363. The van der Waals surface area contributed by atoms with Crippen molar-refractivity contribution >= 4 is 0 Å². The first-order valence-electron chi connectivity index (χ1n) is 7.78. The molecular weight excluding hydrogens is 274 g/mol. The number of rotatable bonds is 4. The van der Waals surface area contributed by atoms with Gasteiger partial charge in [-0.1, -0.05) is 24.3 Å². The summed E-state index contributed by atoms with van der Waals surface area (Å²) in [5.41, 5.74) is 2.70. The summed E-state index contributed by atoms with van der Waals surface area (Å²) in [6.07, 6.45) is 2.33. The molecule has 3 heteroatoms. The van der Waals surface area contributed by atoms with Gasteiger partial charge >= 0.3 is 0 Å². The highest BCUT2D eigenvalue weighted by atomic mass is 16.5. The Hall–Kier alpha value is -2.00. The molecule has 0 amide bonds. The molecule has 0 unspecified atom stereocenters. The predicted octanol–water partition coefficient (Wildman–Crippen LogP) is 3.37. The summed E-state index contributed by atoms with van der Waals surface area (Å²) in [4.78, 5) is 0. The second kappa shape index (κ2) is 6.41. The van der Waals surface area contributed by atoms with Crippen molar-refractivity contribution in [3.63, 3.8) is 0 Å². The van der Waals surface area contributed by atoms with Gasteiger partial charge < -0.3 is 14.8 Å². The molecular formula is C19H23NO2. The minimum atomic E-state index is 0.0246. The zero-order valence-corrected chi connectivity index (χ0v) is 13.3. The number of nitrogens with one attached hydrogen (secondary N) is 1. The largest absolute Gasteiger partial charge is 0.497 e. The van der Waals surface area contributed by atoms with Gasteiger partial charge in [-0.25, -0.2) is 0 Å². The van der Waals surface area contributed by atoms with Crippen LogP contribution in [0.2, 0.25) is 0 Å². The minimum Gasteiger partial charge on any atom is -0.497 e. The molecule has 0 aromatic heterocycles. The SMILES string of the molecule is COc1ccc(C2(c3ccc(OC)cc3)CCCNC2)cc1. The van der Waals surface area contributed by atoms with Crippen LogP contribution in [0.4, 0.5) is 0 Å². The monoisotopic (exact) mass is 297 g/mol. The van der Waals surface area contributed by atoms with Crippen molar-refractivity contribution < 1.29 is 9.47 Å². The van der Waals surface area contributed by atoms with Crippen LogP contribution >= 0.6 is 0 Å². The van der Waals surface area contributed by atoms with E-state index in [1.54, 1.807) is 14.2 Å². The zero-order chi connectivity index (χ0) is 15.4. The maximum absolute atomic E-state index is 5.29. The van der Waals surface area contributed by atoms with Gasteiger partial charge in [0.2, 0.25) is 0 Å². The van der Waals surface area contributed by atoms with Gasteiger partial charge in [-0.2, -0.15) is 0 Å². The summed E-state index contributed by atoms with van der Waals surface area (Å²) >= 11 is 0.